The minimum atomic E-state index is -0.691. The number of hydrogen-bond acceptors (Lipinski definition) is 2. The zero-order valence-corrected chi connectivity index (χ0v) is 10.8. The monoisotopic (exact) mass is 251 g/mol. The number of aliphatic hydroxyl groups excluding tert-OH is 1. The van der Waals surface area contributed by atoms with Crippen molar-refractivity contribution in [1.29, 1.82) is 0 Å². The molecule has 4 heteroatoms. The van der Waals surface area contributed by atoms with Crippen molar-refractivity contribution in [2.45, 2.75) is 26.3 Å². The van der Waals surface area contributed by atoms with Gasteiger partial charge in [0.1, 0.15) is 5.82 Å². The minimum Gasteiger partial charge on any atom is -0.394 e. The van der Waals surface area contributed by atoms with Crippen LogP contribution in [0.3, 0.4) is 0 Å². The number of nitrogens with one attached hydrogen (secondary N) is 1. The first-order valence-electron chi connectivity index (χ1n) is 5.72. The molecule has 0 radical (unpaired) electrons. The van der Waals surface area contributed by atoms with Gasteiger partial charge in [0.25, 0.3) is 0 Å². The molecule has 2 N–H and O–H groups in total. The van der Waals surface area contributed by atoms with Gasteiger partial charge in [-0.3, -0.25) is 4.79 Å². The zero-order valence-electron chi connectivity index (χ0n) is 10.8. The lowest BCUT2D eigenvalue weighted by Gasteiger charge is -2.22. The van der Waals surface area contributed by atoms with Gasteiger partial charge < -0.3 is 10.4 Å². The summed E-state index contributed by atoms with van der Waals surface area (Å²) < 4.78 is 13.5. The fourth-order valence-corrected chi connectivity index (χ4v) is 1.46. The first-order chi connectivity index (χ1) is 8.35. The predicted molar refractivity (Wildman–Crippen MR) is 69.4 cm³/mol. The maximum atomic E-state index is 13.5. The predicted octanol–water partition coefficient (Wildman–Crippen LogP) is 2.12. The Kier molecular flexibility index (Phi) is 4.62. The Morgan fingerprint density at radius 3 is 2.61 bits per heavy atom. The molecular weight excluding hydrogens is 233 g/mol. The number of aliphatic hydroxyl groups is 1. The van der Waals surface area contributed by atoms with Gasteiger partial charge in [-0.25, -0.2) is 4.39 Å². The first-order valence-corrected chi connectivity index (χ1v) is 5.72. The Balaban J connectivity index is 2.85. The van der Waals surface area contributed by atoms with Gasteiger partial charge in [0.2, 0.25) is 5.91 Å². The van der Waals surface area contributed by atoms with E-state index in [0.29, 0.717) is 11.1 Å². The molecule has 0 unspecified atom stereocenters. The highest BCUT2D eigenvalue weighted by molar-refractivity contribution is 5.95. The summed E-state index contributed by atoms with van der Waals surface area (Å²) in [5.41, 5.74) is 0.247. The van der Waals surface area contributed by atoms with E-state index in [2.05, 4.69) is 5.32 Å². The molecule has 1 amide bonds. The summed E-state index contributed by atoms with van der Waals surface area (Å²) >= 11 is 0. The van der Waals surface area contributed by atoms with Crippen molar-refractivity contribution < 1.29 is 14.3 Å². The van der Waals surface area contributed by atoms with E-state index in [4.69, 9.17) is 5.11 Å². The van der Waals surface area contributed by atoms with E-state index in [9.17, 15) is 9.18 Å². The summed E-state index contributed by atoms with van der Waals surface area (Å²) in [5, 5.41) is 11.7. The molecule has 0 atom stereocenters. The number of carbonyl (C=O) groups is 1. The molecule has 18 heavy (non-hydrogen) atoms. The molecule has 0 aliphatic rings. The third-order valence-electron chi connectivity index (χ3n) is 2.50. The van der Waals surface area contributed by atoms with Crippen molar-refractivity contribution in [3.8, 4) is 0 Å². The Morgan fingerprint density at radius 1 is 1.44 bits per heavy atom. The van der Waals surface area contributed by atoms with E-state index < -0.39 is 5.54 Å². The molecule has 0 heterocycles. The number of allylic oxidation sites excluding steroid dienone is 1. The molecule has 0 aromatic heterocycles. The molecule has 1 rings (SSSR count). The summed E-state index contributed by atoms with van der Waals surface area (Å²) in [6, 6.07) is 6.28. The van der Waals surface area contributed by atoms with Crippen molar-refractivity contribution >= 4 is 11.5 Å². The minimum absolute atomic E-state index is 0.161. The second kappa shape index (κ2) is 5.78. The first kappa shape index (κ1) is 14.4. The smallest absolute Gasteiger partial charge is 0.244 e. The number of halogens is 1. The van der Waals surface area contributed by atoms with Crippen molar-refractivity contribution in [3.05, 3.63) is 41.7 Å². The molecule has 0 fully saturated rings. The Labute approximate surface area is 106 Å². The highest BCUT2D eigenvalue weighted by Gasteiger charge is 2.18. The van der Waals surface area contributed by atoms with Crippen LogP contribution < -0.4 is 5.32 Å². The number of hydrogen-bond donors (Lipinski definition) is 2. The third kappa shape index (κ3) is 3.96. The number of rotatable bonds is 4. The number of benzene rings is 1. The molecule has 0 aliphatic carbocycles. The van der Waals surface area contributed by atoms with E-state index in [1.807, 2.05) is 0 Å². The Morgan fingerprint density at radius 2 is 2.06 bits per heavy atom. The van der Waals surface area contributed by atoms with Crippen molar-refractivity contribution in [2.24, 2.45) is 0 Å². The van der Waals surface area contributed by atoms with E-state index in [0.717, 1.165) is 0 Å². The number of carbonyl (C=O) groups excluding carboxylic acids is 1. The van der Waals surface area contributed by atoms with Gasteiger partial charge in [0.15, 0.2) is 0 Å². The molecular formula is C14H18FNO2. The van der Waals surface area contributed by atoms with Crippen LogP contribution in [0.4, 0.5) is 4.39 Å². The highest BCUT2D eigenvalue weighted by atomic mass is 19.1. The zero-order chi connectivity index (χ0) is 13.8. The van der Waals surface area contributed by atoms with Crippen molar-refractivity contribution in [3.63, 3.8) is 0 Å². The molecule has 1 aromatic carbocycles. The fraction of sp³-hybridized carbons (Fsp3) is 0.357. The van der Waals surface area contributed by atoms with Crippen LogP contribution >= 0.6 is 0 Å². The molecule has 0 saturated heterocycles. The third-order valence-corrected chi connectivity index (χ3v) is 2.50. The summed E-state index contributed by atoms with van der Waals surface area (Å²) in [6.45, 7) is 4.92. The van der Waals surface area contributed by atoms with Crippen molar-refractivity contribution in [2.75, 3.05) is 6.61 Å². The summed E-state index contributed by atoms with van der Waals surface area (Å²) in [6.07, 6.45) is 1.33. The lowest BCUT2D eigenvalue weighted by atomic mass is 10.0. The van der Waals surface area contributed by atoms with E-state index in [-0.39, 0.29) is 18.3 Å². The van der Waals surface area contributed by atoms with Crippen LogP contribution in [0, 0.1) is 5.82 Å². The summed E-state index contributed by atoms with van der Waals surface area (Å²) in [7, 11) is 0. The van der Waals surface area contributed by atoms with Gasteiger partial charge in [-0.05, 0) is 32.4 Å². The van der Waals surface area contributed by atoms with Gasteiger partial charge in [0, 0.05) is 11.6 Å². The van der Waals surface area contributed by atoms with Gasteiger partial charge in [0.05, 0.1) is 12.1 Å². The van der Waals surface area contributed by atoms with E-state index >= 15 is 0 Å². The molecule has 3 nitrogen and oxygen atoms in total. The molecule has 0 spiro atoms. The van der Waals surface area contributed by atoms with Crippen LogP contribution in [-0.4, -0.2) is 23.2 Å². The van der Waals surface area contributed by atoms with Gasteiger partial charge in [-0.2, -0.15) is 0 Å². The maximum absolute atomic E-state index is 13.5. The summed E-state index contributed by atoms with van der Waals surface area (Å²) in [5.74, 6) is -0.713. The topological polar surface area (TPSA) is 49.3 Å². The normalized spacial score (nSPS) is 12.4. The Bertz CT molecular complexity index is 467. The van der Waals surface area contributed by atoms with Crippen LogP contribution in [0.5, 0.6) is 0 Å². The second-order valence-electron chi connectivity index (χ2n) is 4.84. The molecule has 0 bridgehead atoms. The van der Waals surface area contributed by atoms with Gasteiger partial charge in [-0.15, -0.1) is 0 Å². The molecule has 1 aromatic rings. The van der Waals surface area contributed by atoms with Crippen LogP contribution in [-0.2, 0) is 4.79 Å². The fourth-order valence-electron chi connectivity index (χ4n) is 1.46. The summed E-state index contributed by atoms with van der Waals surface area (Å²) in [4.78, 5) is 11.7. The second-order valence-corrected chi connectivity index (χ2v) is 4.84. The van der Waals surface area contributed by atoms with E-state index in [1.165, 1.54) is 12.1 Å². The van der Waals surface area contributed by atoms with Gasteiger partial charge in [-0.1, -0.05) is 18.2 Å². The van der Waals surface area contributed by atoms with Crippen LogP contribution in [0.15, 0.2) is 30.3 Å². The average molecular weight is 251 g/mol. The van der Waals surface area contributed by atoms with E-state index in [1.54, 1.807) is 39.0 Å². The lowest BCUT2D eigenvalue weighted by molar-refractivity contribution is -0.118. The highest BCUT2D eigenvalue weighted by Crippen LogP contribution is 2.17. The quantitative estimate of drug-likeness (QED) is 0.805. The van der Waals surface area contributed by atoms with Crippen LogP contribution in [0.1, 0.15) is 26.3 Å². The number of amides is 1. The standard InChI is InChI=1S/C14H18FNO2/c1-10(11-6-4-5-7-12(11)15)8-13(18)16-14(2,3)9-17/h4-8,17H,9H2,1-3H3,(H,16,18)/b10-8-. The van der Waals surface area contributed by atoms with Gasteiger partial charge >= 0.3 is 0 Å². The Hall–Kier alpha value is -1.68. The molecule has 0 aliphatic heterocycles. The van der Waals surface area contributed by atoms with Crippen LogP contribution in [0.25, 0.3) is 5.57 Å². The SMILES string of the molecule is C/C(=C/C(=O)NC(C)(C)CO)c1ccccc1F. The lowest BCUT2D eigenvalue weighted by Crippen LogP contribution is -2.45. The van der Waals surface area contributed by atoms with Crippen LogP contribution in [0.2, 0.25) is 0 Å². The average Bonchev–Trinajstić information content (AvgIpc) is 2.28. The molecule has 98 valence electrons. The molecule has 0 saturated carbocycles. The van der Waals surface area contributed by atoms with Crippen molar-refractivity contribution in [1.82, 2.24) is 5.32 Å². The maximum Gasteiger partial charge on any atom is 0.244 e. The largest absolute Gasteiger partial charge is 0.394 e.